The van der Waals surface area contributed by atoms with E-state index in [1.54, 1.807) is 7.11 Å². The van der Waals surface area contributed by atoms with E-state index >= 15 is 0 Å². The number of hydrogen-bond acceptors (Lipinski definition) is 3. The van der Waals surface area contributed by atoms with Gasteiger partial charge in [0.1, 0.15) is 6.61 Å². The lowest BCUT2D eigenvalue weighted by atomic mass is 10.1. The van der Waals surface area contributed by atoms with Gasteiger partial charge in [-0.3, -0.25) is 0 Å². The second-order valence-corrected chi connectivity index (χ2v) is 6.71. The number of ether oxygens (including phenoxy) is 2. The zero-order chi connectivity index (χ0) is 18.9. The molecule has 0 saturated carbocycles. The molecule has 0 saturated heterocycles. The van der Waals surface area contributed by atoms with Gasteiger partial charge in [-0.15, -0.1) is 12.4 Å². The van der Waals surface area contributed by atoms with Crippen LogP contribution in [0.25, 0.3) is 0 Å². The van der Waals surface area contributed by atoms with Crippen molar-refractivity contribution < 1.29 is 9.47 Å². The second kappa shape index (κ2) is 11.6. The summed E-state index contributed by atoms with van der Waals surface area (Å²) < 4.78 is 11.6. The summed E-state index contributed by atoms with van der Waals surface area (Å²) in [5.41, 5.74) is 3.47. The minimum Gasteiger partial charge on any atom is -0.493 e. The highest BCUT2D eigenvalue weighted by Gasteiger charge is 2.11. The van der Waals surface area contributed by atoms with Crippen LogP contribution in [-0.4, -0.2) is 13.7 Å². The smallest absolute Gasteiger partial charge is 0.166 e. The summed E-state index contributed by atoms with van der Waals surface area (Å²) >= 11 is 5.95. The van der Waals surface area contributed by atoms with Crippen LogP contribution < -0.4 is 14.8 Å². The molecule has 0 bridgehead atoms. The Morgan fingerprint density at radius 1 is 0.857 bits per heavy atom. The van der Waals surface area contributed by atoms with Gasteiger partial charge in [-0.1, -0.05) is 66.2 Å². The molecule has 0 unspecified atom stereocenters. The monoisotopic (exact) mass is 417 g/mol. The van der Waals surface area contributed by atoms with Gasteiger partial charge in [0.2, 0.25) is 0 Å². The van der Waals surface area contributed by atoms with E-state index in [1.165, 1.54) is 5.56 Å². The molecule has 0 aromatic heterocycles. The second-order valence-electron chi connectivity index (χ2n) is 6.28. The fourth-order valence-electron chi connectivity index (χ4n) is 2.86. The molecule has 0 atom stereocenters. The van der Waals surface area contributed by atoms with Gasteiger partial charge in [-0.2, -0.15) is 0 Å². The number of para-hydroxylation sites is 1. The minimum absolute atomic E-state index is 0. The van der Waals surface area contributed by atoms with Gasteiger partial charge in [0, 0.05) is 17.1 Å². The SMILES string of the molecule is COc1cccc(CNCCc2ccccc2)c1OCc1ccc(Cl)cc1.Cl. The minimum atomic E-state index is 0. The number of nitrogens with one attached hydrogen (secondary N) is 1. The van der Waals surface area contributed by atoms with E-state index in [-0.39, 0.29) is 12.4 Å². The average molecular weight is 418 g/mol. The Morgan fingerprint density at radius 3 is 2.32 bits per heavy atom. The molecule has 1 N–H and O–H groups in total. The van der Waals surface area contributed by atoms with Crippen molar-refractivity contribution in [3.8, 4) is 11.5 Å². The molecule has 0 aliphatic carbocycles. The summed E-state index contributed by atoms with van der Waals surface area (Å²) in [5.74, 6) is 1.52. The van der Waals surface area contributed by atoms with E-state index in [1.807, 2.05) is 42.5 Å². The van der Waals surface area contributed by atoms with E-state index < -0.39 is 0 Å². The quantitative estimate of drug-likeness (QED) is 0.454. The highest BCUT2D eigenvalue weighted by Crippen LogP contribution is 2.32. The topological polar surface area (TPSA) is 30.5 Å². The molecule has 0 amide bonds. The van der Waals surface area contributed by atoms with Gasteiger partial charge in [0.05, 0.1) is 7.11 Å². The molecule has 0 radical (unpaired) electrons. The summed E-state index contributed by atoms with van der Waals surface area (Å²) in [4.78, 5) is 0. The Bertz CT molecular complexity index is 839. The van der Waals surface area contributed by atoms with E-state index in [0.29, 0.717) is 6.61 Å². The van der Waals surface area contributed by atoms with Gasteiger partial charge in [-0.05, 0) is 42.3 Å². The van der Waals surface area contributed by atoms with Crippen LogP contribution in [-0.2, 0) is 19.6 Å². The van der Waals surface area contributed by atoms with E-state index in [0.717, 1.165) is 47.2 Å². The lowest BCUT2D eigenvalue weighted by Crippen LogP contribution is -2.17. The van der Waals surface area contributed by atoms with Crippen molar-refractivity contribution >= 4 is 24.0 Å². The predicted molar refractivity (Wildman–Crippen MR) is 118 cm³/mol. The predicted octanol–water partition coefficient (Wildman–Crippen LogP) is 5.68. The molecule has 5 heteroatoms. The van der Waals surface area contributed by atoms with Crippen molar-refractivity contribution in [2.24, 2.45) is 0 Å². The van der Waals surface area contributed by atoms with Crippen LogP contribution in [0.1, 0.15) is 16.7 Å². The molecular weight excluding hydrogens is 393 g/mol. The maximum Gasteiger partial charge on any atom is 0.166 e. The highest BCUT2D eigenvalue weighted by molar-refractivity contribution is 6.30. The van der Waals surface area contributed by atoms with Crippen LogP contribution in [0.15, 0.2) is 72.8 Å². The zero-order valence-electron chi connectivity index (χ0n) is 15.9. The maximum atomic E-state index is 6.09. The largest absolute Gasteiger partial charge is 0.493 e. The number of hydrogen-bond donors (Lipinski definition) is 1. The molecule has 0 aliphatic heterocycles. The van der Waals surface area contributed by atoms with Crippen molar-refractivity contribution in [2.75, 3.05) is 13.7 Å². The van der Waals surface area contributed by atoms with Crippen LogP contribution in [0.5, 0.6) is 11.5 Å². The van der Waals surface area contributed by atoms with Gasteiger partial charge in [0.15, 0.2) is 11.5 Å². The van der Waals surface area contributed by atoms with Crippen molar-refractivity contribution in [3.63, 3.8) is 0 Å². The number of methoxy groups -OCH3 is 1. The van der Waals surface area contributed by atoms with Gasteiger partial charge in [-0.25, -0.2) is 0 Å². The third kappa shape index (κ3) is 6.45. The first-order valence-electron chi connectivity index (χ1n) is 9.04. The van der Waals surface area contributed by atoms with E-state index in [2.05, 4.69) is 35.6 Å². The molecule has 0 heterocycles. The first-order chi connectivity index (χ1) is 13.3. The lowest BCUT2D eigenvalue weighted by Gasteiger charge is -2.16. The summed E-state index contributed by atoms with van der Waals surface area (Å²) in [6.45, 7) is 2.09. The molecule has 3 rings (SSSR count). The molecule has 28 heavy (non-hydrogen) atoms. The molecule has 3 aromatic carbocycles. The number of benzene rings is 3. The van der Waals surface area contributed by atoms with Crippen LogP contribution in [0.2, 0.25) is 5.02 Å². The molecule has 3 aromatic rings. The molecule has 148 valence electrons. The van der Waals surface area contributed by atoms with Gasteiger partial charge < -0.3 is 14.8 Å². The van der Waals surface area contributed by atoms with Gasteiger partial charge >= 0.3 is 0 Å². The number of halogens is 2. The third-order valence-electron chi connectivity index (χ3n) is 4.33. The highest BCUT2D eigenvalue weighted by atomic mass is 35.5. The first kappa shape index (κ1) is 22.1. The Morgan fingerprint density at radius 2 is 1.61 bits per heavy atom. The maximum absolute atomic E-state index is 6.09. The molecule has 0 spiro atoms. The standard InChI is InChI=1S/C23H24ClNO2.ClH/c1-26-22-9-5-8-20(16-25-15-14-18-6-3-2-4-7-18)23(22)27-17-19-10-12-21(24)13-11-19;/h2-13,25H,14-17H2,1H3;1H. The third-order valence-corrected chi connectivity index (χ3v) is 4.58. The van der Waals surface area contributed by atoms with Crippen LogP contribution in [0.3, 0.4) is 0 Å². The fraction of sp³-hybridized carbons (Fsp3) is 0.217. The zero-order valence-corrected chi connectivity index (χ0v) is 17.4. The summed E-state index contributed by atoms with van der Waals surface area (Å²) in [5, 5.41) is 4.22. The Labute approximate surface area is 178 Å². The van der Waals surface area contributed by atoms with Crippen LogP contribution in [0, 0.1) is 0 Å². The summed E-state index contributed by atoms with van der Waals surface area (Å²) in [7, 11) is 1.66. The van der Waals surface area contributed by atoms with Crippen molar-refractivity contribution in [3.05, 3.63) is 94.5 Å². The molecular formula is C23H25Cl2NO2. The average Bonchev–Trinajstić information content (AvgIpc) is 2.72. The summed E-state index contributed by atoms with van der Waals surface area (Å²) in [6.07, 6.45) is 0.992. The summed E-state index contributed by atoms with van der Waals surface area (Å²) in [6, 6.07) is 24.1. The first-order valence-corrected chi connectivity index (χ1v) is 9.42. The Balaban J connectivity index is 0.00000280. The molecule has 0 aliphatic rings. The van der Waals surface area contributed by atoms with Crippen molar-refractivity contribution in [1.82, 2.24) is 5.32 Å². The lowest BCUT2D eigenvalue weighted by molar-refractivity contribution is 0.280. The normalized spacial score (nSPS) is 10.2. The molecule has 3 nitrogen and oxygen atoms in total. The van der Waals surface area contributed by atoms with Crippen LogP contribution in [0.4, 0.5) is 0 Å². The number of rotatable bonds is 9. The van der Waals surface area contributed by atoms with Crippen LogP contribution >= 0.6 is 24.0 Å². The Hall–Kier alpha value is -2.20. The van der Waals surface area contributed by atoms with Crippen molar-refractivity contribution in [1.29, 1.82) is 0 Å². The fourth-order valence-corrected chi connectivity index (χ4v) is 2.99. The molecule has 0 fully saturated rings. The van der Waals surface area contributed by atoms with Crippen molar-refractivity contribution in [2.45, 2.75) is 19.6 Å². The van der Waals surface area contributed by atoms with E-state index in [4.69, 9.17) is 21.1 Å². The van der Waals surface area contributed by atoms with Gasteiger partial charge in [0.25, 0.3) is 0 Å². The van der Waals surface area contributed by atoms with E-state index in [9.17, 15) is 0 Å². The Kier molecular flexibility index (Phi) is 9.15.